The van der Waals surface area contributed by atoms with Gasteiger partial charge in [0, 0.05) is 56.3 Å². The molecule has 0 fully saturated rings. The van der Waals surface area contributed by atoms with Crippen LogP contribution in [-0.4, -0.2) is 46.4 Å². The molecule has 0 radical (unpaired) electrons. The summed E-state index contributed by atoms with van der Waals surface area (Å²) >= 11 is 0. The molecular weight excluding hydrogens is 412 g/mol. The Labute approximate surface area is 186 Å². The van der Waals surface area contributed by atoms with E-state index in [1.165, 1.54) is 24.3 Å². The Kier molecular flexibility index (Phi) is 7.20. The normalized spacial score (nSPS) is 10.6. The van der Waals surface area contributed by atoms with Crippen LogP contribution in [0, 0.1) is 0 Å². The van der Waals surface area contributed by atoms with Crippen LogP contribution < -0.4 is 14.5 Å². The molecule has 32 heavy (non-hydrogen) atoms. The third-order valence-electron chi connectivity index (χ3n) is 4.83. The maximum absolute atomic E-state index is 12.9. The molecule has 0 aliphatic carbocycles. The van der Waals surface area contributed by atoms with Gasteiger partial charge in [-0.25, -0.2) is 4.99 Å². The molecule has 7 heteroatoms. The summed E-state index contributed by atoms with van der Waals surface area (Å²) in [7, 11) is 7.79. The van der Waals surface area contributed by atoms with E-state index in [0.29, 0.717) is 5.71 Å². The number of nitrogens with zero attached hydrogens (tertiary/aromatic N) is 3. The Hall–Kier alpha value is -3.74. The molecule has 0 atom stereocenters. The van der Waals surface area contributed by atoms with Crippen LogP contribution in [0.4, 0.5) is 20.2 Å². The van der Waals surface area contributed by atoms with Crippen LogP contribution in [0.25, 0.3) is 0 Å². The van der Waals surface area contributed by atoms with E-state index in [1.807, 2.05) is 86.5 Å². The van der Waals surface area contributed by atoms with Crippen molar-refractivity contribution in [3.63, 3.8) is 0 Å². The molecule has 3 rings (SSSR count). The molecule has 0 spiro atoms. The number of carbonyl (C=O) groups excluding carboxylic acids is 1. The number of rotatable bonds is 7. The van der Waals surface area contributed by atoms with Gasteiger partial charge in [0.15, 0.2) is 0 Å². The molecule has 1 amide bonds. The molecule has 166 valence electrons. The summed E-state index contributed by atoms with van der Waals surface area (Å²) in [4.78, 5) is 21.3. The highest BCUT2D eigenvalue weighted by Crippen LogP contribution is 2.21. The number of hydrogen-bond acceptors (Lipinski definition) is 4. The van der Waals surface area contributed by atoms with Crippen LogP contribution in [-0.2, 0) is 0 Å². The molecule has 0 aliphatic rings. The number of halogens is 2. The molecule has 0 bridgehead atoms. The number of hydrogen-bond donors (Lipinski definition) is 0. The van der Waals surface area contributed by atoms with Gasteiger partial charge in [-0.15, -0.1) is 0 Å². The number of carbonyl (C=O) groups is 1. The van der Waals surface area contributed by atoms with Crippen molar-refractivity contribution in [2.75, 3.05) is 38.0 Å². The Morgan fingerprint density at radius 1 is 0.781 bits per heavy atom. The molecule has 0 saturated carbocycles. The van der Waals surface area contributed by atoms with Crippen LogP contribution in [0.5, 0.6) is 5.75 Å². The second-order valence-electron chi connectivity index (χ2n) is 7.55. The monoisotopic (exact) mass is 437 g/mol. The van der Waals surface area contributed by atoms with Gasteiger partial charge in [-0.3, -0.25) is 4.79 Å². The maximum Gasteiger partial charge on any atom is 0.387 e. The first-order valence-electron chi connectivity index (χ1n) is 9.98. The highest BCUT2D eigenvalue weighted by molar-refractivity contribution is 6.18. The van der Waals surface area contributed by atoms with Crippen molar-refractivity contribution in [1.29, 1.82) is 0 Å². The maximum atomic E-state index is 12.9. The predicted molar refractivity (Wildman–Crippen MR) is 125 cm³/mol. The van der Waals surface area contributed by atoms with Gasteiger partial charge in [0.2, 0.25) is 0 Å². The summed E-state index contributed by atoms with van der Waals surface area (Å²) in [6, 6.07) is 21.0. The number of aliphatic imine (C=N–C) groups is 1. The standard InChI is InChI=1S/C25H25F2N3O2/c1-29(2)20-12-8-17(9-13-20)23(18-10-14-21(15-11-18)30(3)4)28-24(31)19-6-5-7-22(16-19)32-25(26)27/h5-16,25H,1-4H3. The Bertz CT molecular complexity index is 1040. The third kappa shape index (κ3) is 5.69. The summed E-state index contributed by atoms with van der Waals surface area (Å²) in [5.74, 6) is -0.638. The van der Waals surface area contributed by atoms with E-state index in [4.69, 9.17) is 0 Å². The summed E-state index contributed by atoms with van der Waals surface area (Å²) in [6.45, 7) is -2.97. The van der Waals surface area contributed by atoms with Gasteiger partial charge in [-0.05, 0) is 42.5 Å². The van der Waals surface area contributed by atoms with Gasteiger partial charge in [0.25, 0.3) is 5.91 Å². The quantitative estimate of drug-likeness (QED) is 0.483. The number of benzene rings is 3. The highest BCUT2D eigenvalue weighted by Gasteiger charge is 2.14. The molecule has 3 aromatic rings. The fraction of sp³-hybridized carbons (Fsp3) is 0.200. The Balaban J connectivity index is 2.03. The van der Waals surface area contributed by atoms with E-state index in [1.54, 1.807) is 0 Å². The van der Waals surface area contributed by atoms with Crippen LogP contribution in [0.15, 0.2) is 77.8 Å². The average Bonchev–Trinajstić information content (AvgIpc) is 2.77. The van der Waals surface area contributed by atoms with E-state index in [0.717, 1.165) is 22.5 Å². The number of amides is 1. The second kappa shape index (κ2) is 10.0. The van der Waals surface area contributed by atoms with Crippen molar-refractivity contribution >= 4 is 23.0 Å². The molecule has 0 heterocycles. The van der Waals surface area contributed by atoms with Crippen molar-refractivity contribution in [3.8, 4) is 5.75 Å². The SMILES string of the molecule is CN(C)c1ccc(C(=NC(=O)c2cccc(OC(F)F)c2)c2ccc(N(C)C)cc2)cc1. The van der Waals surface area contributed by atoms with Crippen molar-refractivity contribution in [2.24, 2.45) is 4.99 Å². The summed E-state index contributed by atoms with van der Waals surface area (Å²) in [5.41, 5.74) is 4.21. The minimum Gasteiger partial charge on any atom is -0.435 e. The first-order valence-corrected chi connectivity index (χ1v) is 9.98. The summed E-state index contributed by atoms with van der Waals surface area (Å²) < 4.78 is 29.5. The first-order chi connectivity index (χ1) is 15.2. The van der Waals surface area contributed by atoms with E-state index in [-0.39, 0.29) is 11.3 Å². The Morgan fingerprint density at radius 2 is 1.28 bits per heavy atom. The fourth-order valence-corrected chi connectivity index (χ4v) is 3.10. The van der Waals surface area contributed by atoms with E-state index < -0.39 is 12.5 Å². The minimum atomic E-state index is -2.97. The van der Waals surface area contributed by atoms with Gasteiger partial charge >= 0.3 is 6.61 Å². The largest absolute Gasteiger partial charge is 0.435 e. The lowest BCUT2D eigenvalue weighted by Gasteiger charge is -2.15. The van der Waals surface area contributed by atoms with Gasteiger partial charge < -0.3 is 14.5 Å². The average molecular weight is 437 g/mol. The number of ether oxygens (including phenoxy) is 1. The van der Waals surface area contributed by atoms with Gasteiger partial charge in [-0.2, -0.15) is 8.78 Å². The molecule has 0 N–H and O–H groups in total. The zero-order chi connectivity index (χ0) is 23.3. The van der Waals surface area contributed by atoms with Crippen molar-refractivity contribution in [2.45, 2.75) is 6.61 Å². The number of anilines is 2. The molecule has 3 aromatic carbocycles. The molecule has 0 aromatic heterocycles. The molecule has 5 nitrogen and oxygen atoms in total. The van der Waals surface area contributed by atoms with E-state index in [2.05, 4.69) is 9.73 Å². The van der Waals surface area contributed by atoms with Crippen LogP contribution in [0.2, 0.25) is 0 Å². The van der Waals surface area contributed by atoms with Crippen molar-refractivity contribution < 1.29 is 18.3 Å². The van der Waals surface area contributed by atoms with Gasteiger partial charge in [0.1, 0.15) is 5.75 Å². The Morgan fingerprint density at radius 3 is 1.72 bits per heavy atom. The van der Waals surface area contributed by atoms with Gasteiger partial charge in [0.05, 0.1) is 5.71 Å². The lowest BCUT2D eigenvalue weighted by molar-refractivity contribution is -0.0498. The van der Waals surface area contributed by atoms with E-state index in [9.17, 15) is 13.6 Å². The minimum absolute atomic E-state index is 0.0896. The third-order valence-corrected chi connectivity index (χ3v) is 4.83. The number of alkyl halides is 2. The lowest BCUT2D eigenvalue weighted by Crippen LogP contribution is -2.12. The molecular formula is C25H25F2N3O2. The topological polar surface area (TPSA) is 45.1 Å². The molecule has 0 saturated heterocycles. The lowest BCUT2D eigenvalue weighted by atomic mass is 10.0. The van der Waals surface area contributed by atoms with E-state index >= 15 is 0 Å². The fourth-order valence-electron chi connectivity index (χ4n) is 3.10. The second-order valence-corrected chi connectivity index (χ2v) is 7.55. The van der Waals surface area contributed by atoms with Gasteiger partial charge in [-0.1, -0.05) is 30.3 Å². The van der Waals surface area contributed by atoms with Crippen molar-refractivity contribution in [3.05, 3.63) is 89.5 Å². The van der Waals surface area contributed by atoms with Crippen LogP contribution in [0.3, 0.4) is 0 Å². The molecule has 0 aliphatic heterocycles. The zero-order valence-corrected chi connectivity index (χ0v) is 18.4. The molecule has 0 unspecified atom stereocenters. The predicted octanol–water partition coefficient (Wildman–Crippen LogP) is 5.10. The summed E-state index contributed by atoms with van der Waals surface area (Å²) in [5, 5.41) is 0. The van der Waals surface area contributed by atoms with Crippen molar-refractivity contribution in [1.82, 2.24) is 0 Å². The smallest absolute Gasteiger partial charge is 0.387 e. The highest BCUT2D eigenvalue weighted by atomic mass is 19.3. The zero-order valence-electron chi connectivity index (χ0n) is 18.4. The van der Waals surface area contributed by atoms with Crippen LogP contribution in [0.1, 0.15) is 21.5 Å². The van der Waals surface area contributed by atoms with Crippen LogP contribution >= 0.6 is 0 Å². The first kappa shape index (κ1) is 22.9. The summed E-state index contributed by atoms with van der Waals surface area (Å²) in [6.07, 6.45) is 0.